The second kappa shape index (κ2) is 7.94. The minimum atomic E-state index is -0.0664. The van der Waals surface area contributed by atoms with E-state index < -0.39 is 0 Å². The topological polar surface area (TPSA) is 67.0 Å². The summed E-state index contributed by atoms with van der Waals surface area (Å²) in [7, 11) is 0. The first-order valence-corrected chi connectivity index (χ1v) is 8.60. The molecule has 0 aliphatic rings. The fourth-order valence-corrected chi connectivity index (χ4v) is 2.66. The standard InChI is InChI=1S/C20H23N3O2/c1-3-25-12-4-11-21-20(24)16-8-6-15(7-9-16)19-22-17-10-5-14(2)13-18(17)23-19/h5-10,13H,3-4,11-12H2,1-2H3,(H,21,24)(H,22,23). The number of aromatic nitrogens is 2. The highest BCUT2D eigenvalue weighted by atomic mass is 16.5. The maximum Gasteiger partial charge on any atom is 0.251 e. The van der Waals surface area contributed by atoms with E-state index in [1.165, 1.54) is 5.56 Å². The summed E-state index contributed by atoms with van der Waals surface area (Å²) in [5, 5.41) is 2.90. The van der Waals surface area contributed by atoms with Crippen LogP contribution in [0.2, 0.25) is 0 Å². The van der Waals surface area contributed by atoms with E-state index in [4.69, 9.17) is 4.74 Å². The van der Waals surface area contributed by atoms with E-state index in [9.17, 15) is 4.79 Å². The number of carbonyl (C=O) groups excluding carboxylic acids is 1. The second-order valence-electron chi connectivity index (χ2n) is 5.99. The SMILES string of the molecule is CCOCCCNC(=O)c1ccc(-c2nc3ccc(C)cc3[nH]2)cc1. The molecule has 130 valence electrons. The number of fused-ring (bicyclic) bond motifs is 1. The number of nitrogens with zero attached hydrogens (tertiary/aromatic N) is 1. The number of ether oxygens (including phenoxy) is 1. The van der Waals surface area contributed by atoms with Gasteiger partial charge in [0.25, 0.3) is 5.91 Å². The predicted octanol–water partition coefficient (Wildman–Crippen LogP) is 3.69. The van der Waals surface area contributed by atoms with Crippen LogP contribution < -0.4 is 5.32 Å². The number of hydrogen-bond donors (Lipinski definition) is 2. The molecule has 0 unspecified atom stereocenters. The molecule has 5 heteroatoms. The van der Waals surface area contributed by atoms with Gasteiger partial charge in [0.05, 0.1) is 11.0 Å². The molecule has 5 nitrogen and oxygen atoms in total. The number of aryl methyl sites for hydroxylation is 1. The zero-order valence-corrected chi connectivity index (χ0v) is 14.6. The largest absolute Gasteiger partial charge is 0.382 e. The quantitative estimate of drug-likeness (QED) is 0.646. The van der Waals surface area contributed by atoms with Crippen LogP contribution in [0.4, 0.5) is 0 Å². The molecule has 0 saturated carbocycles. The van der Waals surface area contributed by atoms with E-state index >= 15 is 0 Å². The van der Waals surface area contributed by atoms with Gasteiger partial charge < -0.3 is 15.0 Å². The molecule has 0 radical (unpaired) electrons. The zero-order valence-electron chi connectivity index (χ0n) is 14.6. The number of hydrogen-bond acceptors (Lipinski definition) is 3. The molecule has 3 aromatic rings. The first kappa shape index (κ1) is 17.2. The van der Waals surface area contributed by atoms with Gasteiger partial charge in [-0.05, 0) is 50.1 Å². The van der Waals surface area contributed by atoms with E-state index in [-0.39, 0.29) is 5.91 Å². The lowest BCUT2D eigenvalue weighted by atomic mass is 10.1. The van der Waals surface area contributed by atoms with Gasteiger partial charge in [0.2, 0.25) is 0 Å². The van der Waals surface area contributed by atoms with Crippen LogP contribution in [0.3, 0.4) is 0 Å². The number of benzene rings is 2. The van der Waals surface area contributed by atoms with E-state index in [1.807, 2.05) is 43.3 Å². The molecule has 1 amide bonds. The smallest absolute Gasteiger partial charge is 0.251 e. The summed E-state index contributed by atoms with van der Waals surface area (Å²) in [5.74, 6) is 0.743. The summed E-state index contributed by atoms with van der Waals surface area (Å²) in [6, 6.07) is 13.6. The van der Waals surface area contributed by atoms with Crippen LogP contribution in [0.1, 0.15) is 29.3 Å². The van der Waals surface area contributed by atoms with E-state index in [1.54, 1.807) is 0 Å². The van der Waals surface area contributed by atoms with Gasteiger partial charge in [-0.1, -0.05) is 18.2 Å². The fourth-order valence-electron chi connectivity index (χ4n) is 2.66. The first-order chi connectivity index (χ1) is 12.2. The highest BCUT2D eigenvalue weighted by molar-refractivity contribution is 5.94. The van der Waals surface area contributed by atoms with Crippen LogP contribution in [0.15, 0.2) is 42.5 Å². The summed E-state index contributed by atoms with van der Waals surface area (Å²) in [6.07, 6.45) is 0.816. The number of imidazole rings is 1. The number of aromatic amines is 1. The molecular weight excluding hydrogens is 314 g/mol. The van der Waals surface area contributed by atoms with Gasteiger partial charge in [-0.15, -0.1) is 0 Å². The Kier molecular flexibility index (Phi) is 5.46. The highest BCUT2D eigenvalue weighted by Gasteiger charge is 2.08. The van der Waals surface area contributed by atoms with Crippen molar-refractivity contribution in [3.8, 4) is 11.4 Å². The Labute approximate surface area is 147 Å². The molecular formula is C20H23N3O2. The number of H-pyrrole nitrogens is 1. The summed E-state index contributed by atoms with van der Waals surface area (Å²) >= 11 is 0. The van der Waals surface area contributed by atoms with E-state index in [0.29, 0.717) is 25.3 Å². The van der Waals surface area contributed by atoms with Crippen molar-refractivity contribution >= 4 is 16.9 Å². The van der Waals surface area contributed by atoms with Crippen LogP contribution in [-0.4, -0.2) is 35.6 Å². The van der Waals surface area contributed by atoms with Gasteiger partial charge in [-0.2, -0.15) is 0 Å². The minimum Gasteiger partial charge on any atom is -0.382 e. The lowest BCUT2D eigenvalue weighted by Gasteiger charge is -2.06. The Balaban J connectivity index is 1.65. The Morgan fingerprint density at radius 2 is 2.00 bits per heavy atom. The molecule has 2 aromatic carbocycles. The lowest BCUT2D eigenvalue weighted by Crippen LogP contribution is -2.25. The Hall–Kier alpha value is -2.66. The maximum absolute atomic E-state index is 12.1. The molecule has 0 atom stereocenters. The van der Waals surface area contributed by atoms with Gasteiger partial charge in [0.1, 0.15) is 5.82 Å². The average Bonchev–Trinajstić information content (AvgIpc) is 3.04. The molecule has 1 aromatic heterocycles. The van der Waals surface area contributed by atoms with Crippen molar-refractivity contribution in [2.75, 3.05) is 19.8 Å². The molecule has 0 spiro atoms. The van der Waals surface area contributed by atoms with E-state index in [2.05, 4.69) is 28.3 Å². The van der Waals surface area contributed by atoms with Crippen molar-refractivity contribution in [2.45, 2.75) is 20.3 Å². The third-order valence-electron chi connectivity index (χ3n) is 4.01. The van der Waals surface area contributed by atoms with Gasteiger partial charge in [0, 0.05) is 30.9 Å². The number of amides is 1. The second-order valence-corrected chi connectivity index (χ2v) is 5.99. The number of rotatable bonds is 7. The van der Waals surface area contributed by atoms with Crippen molar-refractivity contribution < 1.29 is 9.53 Å². The van der Waals surface area contributed by atoms with Gasteiger partial charge >= 0.3 is 0 Å². The molecule has 2 N–H and O–H groups in total. The number of nitrogens with one attached hydrogen (secondary N) is 2. The fraction of sp³-hybridized carbons (Fsp3) is 0.300. The Morgan fingerprint density at radius 3 is 2.76 bits per heavy atom. The average molecular weight is 337 g/mol. The van der Waals surface area contributed by atoms with Gasteiger partial charge in [-0.3, -0.25) is 4.79 Å². The van der Waals surface area contributed by atoms with E-state index in [0.717, 1.165) is 28.8 Å². The van der Waals surface area contributed by atoms with Crippen LogP contribution in [0.5, 0.6) is 0 Å². The monoisotopic (exact) mass is 337 g/mol. The third-order valence-corrected chi connectivity index (χ3v) is 4.01. The molecule has 0 fully saturated rings. The third kappa shape index (κ3) is 4.25. The van der Waals surface area contributed by atoms with Crippen molar-refractivity contribution in [1.82, 2.24) is 15.3 Å². The van der Waals surface area contributed by atoms with Gasteiger partial charge in [0.15, 0.2) is 0 Å². The van der Waals surface area contributed by atoms with Crippen molar-refractivity contribution in [1.29, 1.82) is 0 Å². The summed E-state index contributed by atoms with van der Waals surface area (Å²) in [6.45, 7) is 6.01. The van der Waals surface area contributed by atoms with Crippen LogP contribution in [-0.2, 0) is 4.74 Å². The van der Waals surface area contributed by atoms with Crippen molar-refractivity contribution in [2.24, 2.45) is 0 Å². The summed E-state index contributed by atoms with van der Waals surface area (Å²) in [5.41, 5.74) is 4.76. The molecule has 0 bridgehead atoms. The Bertz CT molecular complexity index is 853. The predicted molar refractivity (Wildman–Crippen MR) is 99.7 cm³/mol. The van der Waals surface area contributed by atoms with Gasteiger partial charge in [-0.25, -0.2) is 4.98 Å². The van der Waals surface area contributed by atoms with Crippen LogP contribution in [0, 0.1) is 6.92 Å². The molecule has 3 rings (SSSR count). The maximum atomic E-state index is 12.1. The minimum absolute atomic E-state index is 0.0664. The van der Waals surface area contributed by atoms with Crippen molar-refractivity contribution in [3.05, 3.63) is 53.6 Å². The molecule has 1 heterocycles. The lowest BCUT2D eigenvalue weighted by molar-refractivity contribution is 0.0944. The molecule has 0 aliphatic carbocycles. The van der Waals surface area contributed by atoms with Crippen LogP contribution in [0.25, 0.3) is 22.4 Å². The first-order valence-electron chi connectivity index (χ1n) is 8.60. The molecule has 25 heavy (non-hydrogen) atoms. The summed E-state index contributed by atoms with van der Waals surface area (Å²) < 4.78 is 5.26. The Morgan fingerprint density at radius 1 is 1.20 bits per heavy atom. The normalized spacial score (nSPS) is 11.0. The number of carbonyl (C=O) groups is 1. The zero-order chi connectivity index (χ0) is 17.6. The molecule has 0 aliphatic heterocycles. The molecule has 0 saturated heterocycles. The van der Waals surface area contributed by atoms with Crippen LogP contribution >= 0.6 is 0 Å². The highest BCUT2D eigenvalue weighted by Crippen LogP contribution is 2.21. The summed E-state index contributed by atoms with van der Waals surface area (Å²) in [4.78, 5) is 20.1. The van der Waals surface area contributed by atoms with Crippen molar-refractivity contribution in [3.63, 3.8) is 0 Å².